The number of nitrogens with two attached hydrogens (primary N) is 3. The minimum absolute atomic E-state index is 0.152. The van der Waals surface area contributed by atoms with Crippen LogP contribution in [0.1, 0.15) is 12.1 Å². The number of hydrogen-bond acceptors (Lipinski definition) is 7. The molecule has 3 rings (SSSR count). The third-order valence-corrected chi connectivity index (χ3v) is 4.50. The van der Waals surface area contributed by atoms with E-state index in [2.05, 4.69) is 15.8 Å². The van der Waals surface area contributed by atoms with Crippen molar-refractivity contribution in [1.82, 2.24) is 15.8 Å². The molecule has 0 aliphatic heterocycles. The largest absolute Gasteiger partial charge is 0.399 e. The molecule has 1 aromatic carbocycles. The lowest BCUT2D eigenvalue weighted by Gasteiger charge is -2.17. The molecule has 0 bridgehead atoms. The van der Waals surface area contributed by atoms with Crippen molar-refractivity contribution < 1.29 is 18.9 Å². The van der Waals surface area contributed by atoms with Crippen LogP contribution in [0, 0.1) is 0 Å². The van der Waals surface area contributed by atoms with E-state index in [0.29, 0.717) is 28.5 Å². The van der Waals surface area contributed by atoms with Crippen molar-refractivity contribution in [2.45, 2.75) is 18.9 Å². The van der Waals surface area contributed by atoms with Gasteiger partial charge in [-0.05, 0) is 24.3 Å². The summed E-state index contributed by atoms with van der Waals surface area (Å²) in [6, 6.07) is 9.72. The Kier molecular flexibility index (Phi) is 7.43. The number of nitrogens with one attached hydrogen (secondary N) is 2. The zero-order valence-corrected chi connectivity index (χ0v) is 17.7. The normalized spacial score (nSPS) is 14.1. The van der Waals surface area contributed by atoms with E-state index < -0.39 is 23.8 Å². The van der Waals surface area contributed by atoms with Gasteiger partial charge in [-0.25, -0.2) is 0 Å². The van der Waals surface area contributed by atoms with Gasteiger partial charge >= 0.3 is 0 Å². The van der Waals surface area contributed by atoms with E-state index in [1.165, 1.54) is 12.2 Å². The van der Waals surface area contributed by atoms with Gasteiger partial charge in [0.2, 0.25) is 17.7 Å². The fourth-order valence-corrected chi connectivity index (χ4v) is 3.03. The number of rotatable bonds is 8. The topological polar surface area (TPSA) is 179 Å². The molecule has 33 heavy (non-hydrogen) atoms. The molecular formula is C23H24N6O4. The van der Waals surface area contributed by atoms with Crippen LogP contribution in [0.3, 0.4) is 0 Å². The first-order chi connectivity index (χ1) is 15.8. The van der Waals surface area contributed by atoms with E-state index in [-0.39, 0.29) is 12.8 Å². The number of primary amides is 1. The summed E-state index contributed by atoms with van der Waals surface area (Å²) < 4.78 is 5.28. The SMILES string of the molecule is NC(=O)C[C@H](NC(=O)Cc1cc(-c2ccccc2)on1)C(=O)NC1=CC=CC(N)=CC(N)=C1. The minimum atomic E-state index is -1.19. The molecule has 10 heteroatoms. The third-order valence-electron chi connectivity index (χ3n) is 4.50. The second-order valence-corrected chi connectivity index (χ2v) is 7.27. The number of allylic oxidation sites excluding steroid dienone is 5. The molecule has 1 aliphatic rings. The average Bonchev–Trinajstić information content (AvgIpc) is 3.20. The van der Waals surface area contributed by atoms with Gasteiger partial charge in [0.15, 0.2) is 5.76 Å². The Morgan fingerprint density at radius 2 is 1.82 bits per heavy atom. The molecule has 0 saturated carbocycles. The number of carbonyl (C=O) groups excluding carboxylic acids is 3. The number of aromatic nitrogens is 1. The number of nitrogens with zero attached hydrogens (tertiary/aromatic N) is 1. The predicted molar refractivity (Wildman–Crippen MR) is 121 cm³/mol. The van der Waals surface area contributed by atoms with Crippen LogP contribution < -0.4 is 27.8 Å². The van der Waals surface area contributed by atoms with E-state index in [4.69, 9.17) is 21.7 Å². The van der Waals surface area contributed by atoms with Gasteiger partial charge < -0.3 is 32.4 Å². The van der Waals surface area contributed by atoms with Gasteiger partial charge in [-0.3, -0.25) is 14.4 Å². The molecule has 1 aromatic heterocycles. The average molecular weight is 448 g/mol. The molecule has 0 spiro atoms. The van der Waals surface area contributed by atoms with Gasteiger partial charge in [0.25, 0.3) is 0 Å². The van der Waals surface area contributed by atoms with Gasteiger partial charge in [0.05, 0.1) is 18.5 Å². The molecule has 2 aromatic rings. The number of amides is 3. The molecule has 10 nitrogen and oxygen atoms in total. The molecule has 0 fully saturated rings. The molecule has 1 heterocycles. The highest BCUT2D eigenvalue weighted by Gasteiger charge is 2.24. The molecule has 1 aliphatic carbocycles. The van der Waals surface area contributed by atoms with Gasteiger partial charge in [-0.2, -0.15) is 0 Å². The first kappa shape index (κ1) is 23.1. The van der Waals surface area contributed by atoms with Crippen LogP contribution in [-0.4, -0.2) is 28.9 Å². The fraction of sp³-hybridized carbons (Fsp3) is 0.130. The van der Waals surface area contributed by atoms with Gasteiger partial charge in [0.1, 0.15) is 6.04 Å². The lowest BCUT2D eigenvalue weighted by molar-refractivity contribution is -0.130. The zero-order chi connectivity index (χ0) is 23.8. The van der Waals surface area contributed by atoms with E-state index in [0.717, 1.165) is 5.56 Å². The van der Waals surface area contributed by atoms with Crippen molar-refractivity contribution in [3.05, 3.63) is 89.6 Å². The summed E-state index contributed by atoms with van der Waals surface area (Å²) in [4.78, 5) is 36.8. The standard InChI is InChI=1S/C23H24N6O4/c24-15-7-4-8-17(10-16(25)9-15)27-23(32)19(13-21(26)30)28-22(31)12-18-11-20(33-29-18)14-5-2-1-3-6-14/h1-11,19H,12-13,24-25H2,(H2,26,30)(H,27,32)(H,28,31)/t19-/m0/s1. The van der Waals surface area contributed by atoms with Crippen LogP contribution in [0.25, 0.3) is 11.3 Å². The first-order valence-electron chi connectivity index (χ1n) is 10.0. The second kappa shape index (κ2) is 10.6. The summed E-state index contributed by atoms with van der Waals surface area (Å²) in [5, 5.41) is 9.03. The highest BCUT2D eigenvalue weighted by atomic mass is 16.5. The highest BCUT2D eigenvalue weighted by molar-refractivity contribution is 5.93. The highest BCUT2D eigenvalue weighted by Crippen LogP contribution is 2.19. The first-order valence-corrected chi connectivity index (χ1v) is 10.0. The smallest absolute Gasteiger partial charge is 0.247 e. The summed E-state index contributed by atoms with van der Waals surface area (Å²) in [5.41, 5.74) is 19.1. The fourth-order valence-electron chi connectivity index (χ4n) is 3.03. The van der Waals surface area contributed by atoms with Gasteiger partial charge in [-0.15, -0.1) is 0 Å². The maximum atomic E-state index is 12.8. The number of benzene rings is 1. The monoisotopic (exact) mass is 448 g/mol. The zero-order valence-electron chi connectivity index (χ0n) is 17.7. The minimum Gasteiger partial charge on any atom is -0.399 e. The molecule has 0 unspecified atom stereocenters. The lowest BCUT2D eigenvalue weighted by Crippen LogP contribution is -2.48. The maximum Gasteiger partial charge on any atom is 0.247 e. The molecule has 170 valence electrons. The van der Waals surface area contributed by atoms with E-state index in [1.807, 2.05) is 30.3 Å². The van der Waals surface area contributed by atoms with Crippen LogP contribution in [0.5, 0.6) is 0 Å². The van der Waals surface area contributed by atoms with Crippen LogP contribution in [0.4, 0.5) is 0 Å². The Bertz CT molecular complexity index is 1160. The Hall–Kier alpha value is -4.60. The summed E-state index contributed by atoms with van der Waals surface area (Å²) >= 11 is 0. The van der Waals surface area contributed by atoms with E-state index in [1.54, 1.807) is 24.3 Å². The van der Waals surface area contributed by atoms with Crippen molar-refractivity contribution in [2.75, 3.05) is 0 Å². The molecular weight excluding hydrogens is 424 g/mol. The van der Waals surface area contributed by atoms with E-state index >= 15 is 0 Å². The summed E-state index contributed by atoms with van der Waals surface area (Å²) in [7, 11) is 0. The Morgan fingerprint density at radius 3 is 2.55 bits per heavy atom. The van der Waals surface area contributed by atoms with Crippen molar-refractivity contribution in [1.29, 1.82) is 0 Å². The van der Waals surface area contributed by atoms with Crippen LogP contribution >= 0.6 is 0 Å². The summed E-state index contributed by atoms with van der Waals surface area (Å²) in [5.74, 6) is -1.40. The lowest BCUT2D eigenvalue weighted by atomic mass is 10.1. The predicted octanol–water partition coefficient (Wildman–Crippen LogP) is 0.499. The summed E-state index contributed by atoms with van der Waals surface area (Å²) in [6.07, 6.45) is 7.30. The molecule has 0 saturated heterocycles. The van der Waals surface area contributed by atoms with Gasteiger partial charge in [0, 0.05) is 28.7 Å². The Labute approximate surface area is 189 Å². The van der Waals surface area contributed by atoms with Crippen molar-refractivity contribution in [2.24, 2.45) is 17.2 Å². The van der Waals surface area contributed by atoms with Crippen LogP contribution in [-0.2, 0) is 20.8 Å². The molecule has 8 N–H and O–H groups in total. The maximum absolute atomic E-state index is 12.8. The molecule has 3 amide bonds. The Morgan fingerprint density at radius 1 is 1.06 bits per heavy atom. The third kappa shape index (κ3) is 6.96. The summed E-state index contributed by atoms with van der Waals surface area (Å²) in [6.45, 7) is 0. The van der Waals surface area contributed by atoms with E-state index in [9.17, 15) is 14.4 Å². The van der Waals surface area contributed by atoms with Crippen LogP contribution in [0.2, 0.25) is 0 Å². The van der Waals surface area contributed by atoms with Crippen molar-refractivity contribution >= 4 is 17.7 Å². The second-order valence-electron chi connectivity index (χ2n) is 7.27. The molecule has 0 radical (unpaired) electrons. The van der Waals surface area contributed by atoms with Gasteiger partial charge in [-0.1, -0.05) is 41.6 Å². The van der Waals surface area contributed by atoms with Crippen LogP contribution in [0.15, 0.2) is 88.4 Å². The Balaban J connectivity index is 1.66. The quantitative estimate of drug-likeness (QED) is 0.390. The number of hydrogen-bond donors (Lipinski definition) is 5. The van der Waals surface area contributed by atoms with Crippen molar-refractivity contribution in [3.8, 4) is 11.3 Å². The number of carbonyl (C=O) groups is 3. The van der Waals surface area contributed by atoms with Crippen molar-refractivity contribution in [3.63, 3.8) is 0 Å². The molecule has 1 atom stereocenters.